The van der Waals surface area contributed by atoms with Crippen molar-refractivity contribution in [3.8, 4) is 11.1 Å². The number of carboxylic acids is 1. The molecule has 2 aliphatic carbocycles. The fraction of sp³-hybridized carbons (Fsp3) is 0.464. The fourth-order valence-electron chi connectivity index (χ4n) is 5.20. The molecule has 1 saturated carbocycles. The molecule has 3 N–H and O–H groups in total. The summed E-state index contributed by atoms with van der Waals surface area (Å²) in [6.45, 7) is 4.29. The van der Waals surface area contributed by atoms with Crippen molar-refractivity contribution in [1.29, 1.82) is 0 Å². The Balaban J connectivity index is 1.27. The Kier molecular flexibility index (Phi) is 7.73. The lowest BCUT2D eigenvalue weighted by Gasteiger charge is -2.19. The maximum atomic E-state index is 12.7. The third kappa shape index (κ3) is 5.84. The van der Waals surface area contributed by atoms with Gasteiger partial charge in [-0.25, -0.2) is 9.59 Å². The molecule has 0 saturated heterocycles. The number of amides is 2. The van der Waals surface area contributed by atoms with E-state index in [1.54, 1.807) is 0 Å². The van der Waals surface area contributed by atoms with Crippen molar-refractivity contribution in [2.45, 2.75) is 64.0 Å². The highest BCUT2D eigenvalue weighted by Crippen LogP contribution is 2.44. The van der Waals surface area contributed by atoms with Crippen LogP contribution in [0, 0.1) is 11.8 Å². The normalized spacial score (nSPS) is 19.6. The number of carbonyl (C=O) groups excluding carboxylic acids is 2. The highest BCUT2D eigenvalue weighted by atomic mass is 16.5. The van der Waals surface area contributed by atoms with E-state index in [4.69, 9.17) is 4.74 Å². The van der Waals surface area contributed by atoms with Crippen LogP contribution in [0.5, 0.6) is 0 Å². The highest BCUT2D eigenvalue weighted by Gasteiger charge is 2.34. The van der Waals surface area contributed by atoms with Gasteiger partial charge in [0.25, 0.3) is 0 Å². The molecule has 0 bridgehead atoms. The molecule has 7 nitrogen and oxygen atoms in total. The Labute approximate surface area is 206 Å². The molecule has 35 heavy (non-hydrogen) atoms. The molecule has 3 atom stereocenters. The van der Waals surface area contributed by atoms with Gasteiger partial charge in [-0.1, -0.05) is 62.4 Å². The summed E-state index contributed by atoms with van der Waals surface area (Å²) >= 11 is 0. The Morgan fingerprint density at radius 1 is 0.971 bits per heavy atom. The number of benzene rings is 2. The van der Waals surface area contributed by atoms with Crippen LogP contribution >= 0.6 is 0 Å². The summed E-state index contributed by atoms with van der Waals surface area (Å²) in [6, 6.07) is 15.3. The van der Waals surface area contributed by atoms with Crippen molar-refractivity contribution in [3.05, 3.63) is 59.7 Å². The van der Waals surface area contributed by atoms with Crippen LogP contribution in [-0.4, -0.2) is 41.8 Å². The monoisotopic (exact) mass is 478 g/mol. The minimum atomic E-state index is -1.01. The number of nitrogens with one attached hydrogen (secondary N) is 2. The standard InChI is InChI=1S/C28H34N2O5/c1-17(2)11-14-25(27(32)33)30-26(31)18-12-13-19(15-18)29-28(34)35-16-24-22-9-5-3-7-20(22)21-8-4-6-10-23(21)24/h3-10,17-19,24-25H,11-16H2,1-2H3,(H,29,34)(H,30,31)(H,32,33). The van der Waals surface area contributed by atoms with E-state index in [0.717, 1.165) is 17.5 Å². The van der Waals surface area contributed by atoms with Crippen LogP contribution in [0.15, 0.2) is 48.5 Å². The predicted molar refractivity (Wildman–Crippen MR) is 133 cm³/mol. The SMILES string of the molecule is CC(C)CCC(NC(=O)C1CCC(NC(=O)OCC2c3ccccc3-c3ccccc32)C1)C(=O)O. The smallest absolute Gasteiger partial charge is 0.407 e. The first kappa shape index (κ1) is 24.8. The Morgan fingerprint density at radius 2 is 1.60 bits per heavy atom. The summed E-state index contributed by atoms with van der Waals surface area (Å²) in [5.74, 6) is -1.21. The topological polar surface area (TPSA) is 105 Å². The molecule has 3 unspecified atom stereocenters. The number of hydrogen-bond acceptors (Lipinski definition) is 4. The molecule has 0 aliphatic heterocycles. The van der Waals surface area contributed by atoms with Crippen LogP contribution in [0.4, 0.5) is 4.79 Å². The summed E-state index contributed by atoms with van der Waals surface area (Å²) in [5, 5.41) is 15.0. The average molecular weight is 479 g/mol. The number of alkyl carbamates (subject to hydrolysis) is 1. The molecular weight excluding hydrogens is 444 g/mol. The molecule has 2 aliphatic rings. The summed E-state index contributed by atoms with van der Waals surface area (Å²) < 4.78 is 5.62. The molecule has 2 amide bonds. The van der Waals surface area contributed by atoms with Crippen molar-refractivity contribution in [3.63, 3.8) is 0 Å². The van der Waals surface area contributed by atoms with Crippen LogP contribution in [-0.2, 0) is 14.3 Å². The van der Waals surface area contributed by atoms with E-state index in [2.05, 4.69) is 34.9 Å². The second kappa shape index (κ2) is 10.9. The number of carboxylic acid groups (broad SMARTS) is 1. The van der Waals surface area contributed by atoms with Gasteiger partial charge < -0.3 is 20.5 Å². The summed E-state index contributed by atoms with van der Waals surface area (Å²) in [4.78, 5) is 36.7. The molecule has 7 heteroatoms. The molecule has 4 rings (SSSR count). The van der Waals surface area contributed by atoms with E-state index in [1.165, 1.54) is 11.1 Å². The maximum absolute atomic E-state index is 12.7. The van der Waals surface area contributed by atoms with Crippen LogP contribution in [0.1, 0.15) is 63.0 Å². The molecule has 0 radical (unpaired) electrons. The summed E-state index contributed by atoms with van der Waals surface area (Å²) in [5.41, 5.74) is 4.67. The van der Waals surface area contributed by atoms with E-state index >= 15 is 0 Å². The second-order valence-electron chi connectivity index (χ2n) is 10.0. The van der Waals surface area contributed by atoms with Gasteiger partial charge in [0.15, 0.2) is 0 Å². The van der Waals surface area contributed by atoms with Gasteiger partial charge in [-0.2, -0.15) is 0 Å². The zero-order valence-corrected chi connectivity index (χ0v) is 20.3. The zero-order valence-electron chi connectivity index (χ0n) is 20.3. The first-order valence-corrected chi connectivity index (χ1v) is 12.5. The van der Waals surface area contributed by atoms with Crippen LogP contribution < -0.4 is 10.6 Å². The van der Waals surface area contributed by atoms with E-state index < -0.39 is 18.1 Å². The Bertz CT molecular complexity index is 1040. The Morgan fingerprint density at radius 3 is 2.20 bits per heavy atom. The van der Waals surface area contributed by atoms with E-state index in [0.29, 0.717) is 31.6 Å². The van der Waals surface area contributed by atoms with Crippen molar-refractivity contribution in [1.82, 2.24) is 10.6 Å². The van der Waals surface area contributed by atoms with Crippen molar-refractivity contribution in [2.75, 3.05) is 6.61 Å². The number of fused-ring (bicyclic) bond motifs is 3. The lowest BCUT2D eigenvalue weighted by atomic mass is 9.98. The fourth-order valence-corrected chi connectivity index (χ4v) is 5.20. The van der Waals surface area contributed by atoms with Gasteiger partial charge in [0.05, 0.1) is 0 Å². The molecule has 1 fully saturated rings. The molecule has 186 valence electrons. The lowest BCUT2D eigenvalue weighted by Crippen LogP contribution is -2.43. The van der Waals surface area contributed by atoms with Gasteiger partial charge >= 0.3 is 12.1 Å². The van der Waals surface area contributed by atoms with Crippen LogP contribution in [0.3, 0.4) is 0 Å². The van der Waals surface area contributed by atoms with E-state index in [-0.39, 0.29) is 30.4 Å². The first-order chi connectivity index (χ1) is 16.8. The van der Waals surface area contributed by atoms with Crippen molar-refractivity contribution >= 4 is 18.0 Å². The number of aliphatic carboxylic acids is 1. The molecular formula is C28H34N2O5. The molecule has 0 aromatic heterocycles. The number of hydrogen-bond donors (Lipinski definition) is 3. The first-order valence-electron chi connectivity index (χ1n) is 12.5. The van der Waals surface area contributed by atoms with Gasteiger partial charge in [0, 0.05) is 17.9 Å². The third-order valence-electron chi connectivity index (χ3n) is 7.12. The number of carbonyl (C=O) groups is 3. The Hall–Kier alpha value is -3.35. The molecule has 0 spiro atoms. The maximum Gasteiger partial charge on any atom is 0.407 e. The number of ether oxygens (including phenoxy) is 1. The highest BCUT2D eigenvalue weighted by molar-refractivity contribution is 5.85. The van der Waals surface area contributed by atoms with Crippen molar-refractivity contribution < 1.29 is 24.2 Å². The van der Waals surface area contributed by atoms with Gasteiger partial charge in [-0.3, -0.25) is 4.79 Å². The number of rotatable bonds is 9. The average Bonchev–Trinajstić information content (AvgIpc) is 3.43. The molecule has 2 aromatic carbocycles. The molecule has 0 heterocycles. The van der Waals surface area contributed by atoms with E-state index in [9.17, 15) is 19.5 Å². The van der Waals surface area contributed by atoms with Gasteiger partial charge in [0.1, 0.15) is 12.6 Å². The predicted octanol–water partition coefficient (Wildman–Crippen LogP) is 4.70. The van der Waals surface area contributed by atoms with Gasteiger partial charge in [0.2, 0.25) is 5.91 Å². The zero-order chi connectivity index (χ0) is 24.9. The lowest BCUT2D eigenvalue weighted by molar-refractivity contribution is -0.142. The van der Waals surface area contributed by atoms with Gasteiger partial charge in [-0.15, -0.1) is 0 Å². The summed E-state index contributed by atoms with van der Waals surface area (Å²) in [6.07, 6.45) is 2.40. The minimum absolute atomic E-state index is 0.00551. The summed E-state index contributed by atoms with van der Waals surface area (Å²) in [7, 11) is 0. The van der Waals surface area contributed by atoms with Crippen LogP contribution in [0.2, 0.25) is 0 Å². The van der Waals surface area contributed by atoms with Gasteiger partial charge in [-0.05, 0) is 60.3 Å². The van der Waals surface area contributed by atoms with E-state index in [1.807, 2.05) is 38.1 Å². The minimum Gasteiger partial charge on any atom is -0.480 e. The van der Waals surface area contributed by atoms with Crippen LogP contribution in [0.25, 0.3) is 11.1 Å². The molecule has 2 aromatic rings. The van der Waals surface area contributed by atoms with Crippen molar-refractivity contribution in [2.24, 2.45) is 11.8 Å². The quantitative estimate of drug-likeness (QED) is 0.485. The third-order valence-corrected chi connectivity index (χ3v) is 7.12. The second-order valence-corrected chi connectivity index (χ2v) is 10.0. The largest absolute Gasteiger partial charge is 0.480 e.